The van der Waals surface area contributed by atoms with Gasteiger partial charge in [-0.3, -0.25) is 0 Å². The van der Waals surface area contributed by atoms with Crippen LogP contribution < -0.4 is 0 Å². The summed E-state index contributed by atoms with van der Waals surface area (Å²) in [5.41, 5.74) is 2.65. The van der Waals surface area contributed by atoms with Crippen molar-refractivity contribution in [2.24, 2.45) is 5.92 Å². The molecule has 0 aromatic heterocycles. The van der Waals surface area contributed by atoms with E-state index in [-0.39, 0.29) is 0 Å². The first-order valence-electron chi connectivity index (χ1n) is 9.84. The summed E-state index contributed by atoms with van der Waals surface area (Å²) in [6.45, 7) is 2.91. The molecule has 0 bridgehead atoms. The van der Waals surface area contributed by atoms with E-state index in [1.807, 2.05) is 6.08 Å². The second kappa shape index (κ2) is 11.6. The minimum Gasteiger partial charge on any atom is -0.374 e. The van der Waals surface area contributed by atoms with Gasteiger partial charge in [0.1, 0.15) is 6.07 Å². The highest BCUT2D eigenvalue weighted by Gasteiger charge is 2.19. The third-order valence-electron chi connectivity index (χ3n) is 5.03. The van der Waals surface area contributed by atoms with Crippen molar-refractivity contribution >= 4 is 0 Å². The lowest BCUT2D eigenvalue weighted by molar-refractivity contribution is 0.0110. The van der Waals surface area contributed by atoms with Gasteiger partial charge in [-0.05, 0) is 61.6 Å². The van der Waals surface area contributed by atoms with E-state index in [2.05, 4.69) is 31.2 Å². The summed E-state index contributed by atoms with van der Waals surface area (Å²) in [5.74, 6) is -0.283. The zero-order chi connectivity index (χ0) is 18.6. The third kappa shape index (κ3) is 7.54. The third-order valence-corrected chi connectivity index (χ3v) is 5.03. The zero-order valence-corrected chi connectivity index (χ0v) is 15.8. The Morgan fingerprint density at radius 1 is 1.15 bits per heavy atom. The van der Waals surface area contributed by atoms with E-state index in [0.717, 1.165) is 25.7 Å². The van der Waals surface area contributed by atoms with Crippen LogP contribution in [0.1, 0.15) is 63.0 Å². The zero-order valence-electron chi connectivity index (χ0n) is 15.8. The predicted molar refractivity (Wildman–Crippen MR) is 104 cm³/mol. The van der Waals surface area contributed by atoms with Crippen LogP contribution >= 0.6 is 0 Å². The van der Waals surface area contributed by atoms with Gasteiger partial charge < -0.3 is 4.74 Å². The SMILES string of the molecule is CCCCCc1ccc(CO[C@H]2CC[C@H](C=CC=C(F)C#N)CC2)cc1. The Bertz CT molecular complexity index is 619. The van der Waals surface area contributed by atoms with Gasteiger partial charge in [-0.25, -0.2) is 0 Å². The second-order valence-corrected chi connectivity index (χ2v) is 7.13. The van der Waals surface area contributed by atoms with E-state index in [9.17, 15) is 4.39 Å². The highest BCUT2D eigenvalue weighted by molar-refractivity contribution is 5.22. The monoisotopic (exact) mass is 355 g/mol. The van der Waals surface area contributed by atoms with Gasteiger partial charge in [0, 0.05) is 0 Å². The first-order chi connectivity index (χ1) is 12.7. The Labute approximate surface area is 157 Å². The normalized spacial score (nSPS) is 21.0. The molecule has 0 unspecified atom stereocenters. The molecule has 0 aliphatic heterocycles. The van der Waals surface area contributed by atoms with Crippen LogP contribution in [0.4, 0.5) is 4.39 Å². The largest absolute Gasteiger partial charge is 0.374 e. The molecule has 1 saturated carbocycles. The molecular formula is C23H30FNO. The number of nitrogens with zero attached hydrogens (tertiary/aromatic N) is 1. The highest BCUT2D eigenvalue weighted by atomic mass is 19.1. The Balaban J connectivity index is 1.67. The molecule has 0 amide bonds. The molecule has 140 valence electrons. The number of unbranched alkanes of at least 4 members (excludes halogenated alkanes) is 2. The molecule has 1 aromatic rings. The Morgan fingerprint density at radius 3 is 2.50 bits per heavy atom. The number of rotatable bonds is 9. The van der Waals surface area contributed by atoms with Crippen LogP contribution in [0.25, 0.3) is 0 Å². The summed E-state index contributed by atoms with van der Waals surface area (Å²) < 4.78 is 18.8. The van der Waals surface area contributed by atoms with Gasteiger partial charge in [0.05, 0.1) is 12.7 Å². The molecule has 0 atom stereocenters. The van der Waals surface area contributed by atoms with Crippen molar-refractivity contribution in [3.05, 3.63) is 59.4 Å². The maximum absolute atomic E-state index is 12.7. The summed E-state index contributed by atoms with van der Waals surface area (Å²) in [6.07, 6.45) is 14.4. The number of halogens is 1. The second-order valence-electron chi connectivity index (χ2n) is 7.13. The summed E-state index contributed by atoms with van der Waals surface area (Å²) in [5, 5.41) is 8.38. The van der Waals surface area contributed by atoms with Gasteiger partial charge in [0.25, 0.3) is 0 Å². The van der Waals surface area contributed by atoms with E-state index < -0.39 is 5.83 Å². The summed E-state index contributed by atoms with van der Waals surface area (Å²) >= 11 is 0. The summed E-state index contributed by atoms with van der Waals surface area (Å²) in [7, 11) is 0. The van der Waals surface area contributed by atoms with E-state index in [1.165, 1.54) is 49.0 Å². The van der Waals surface area contributed by atoms with Crippen molar-refractivity contribution in [1.29, 1.82) is 5.26 Å². The fourth-order valence-corrected chi connectivity index (χ4v) is 3.38. The minimum absolute atomic E-state index is 0.315. The molecule has 2 rings (SSSR count). The van der Waals surface area contributed by atoms with Crippen LogP contribution in [-0.4, -0.2) is 6.10 Å². The molecule has 0 spiro atoms. The molecule has 1 aromatic carbocycles. The summed E-state index contributed by atoms with van der Waals surface area (Å²) in [4.78, 5) is 0. The first-order valence-corrected chi connectivity index (χ1v) is 9.84. The van der Waals surface area contributed by atoms with Crippen molar-refractivity contribution in [2.45, 2.75) is 71.0 Å². The maximum atomic E-state index is 12.7. The van der Waals surface area contributed by atoms with Crippen LogP contribution in [-0.2, 0) is 17.8 Å². The molecule has 26 heavy (non-hydrogen) atoms. The molecule has 1 aliphatic rings. The van der Waals surface area contributed by atoms with Crippen molar-refractivity contribution in [2.75, 3.05) is 0 Å². The van der Waals surface area contributed by atoms with Gasteiger partial charge in [0.15, 0.2) is 5.83 Å². The molecule has 3 heteroatoms. The maximum Gasteiger partial charge on any atom is 0.199 e. The first kappa shape index (κ1) is 20.4. The van der Waals surface area contributed by atoms with Crippen LogP contribution in [0, 0.1) is 17.2 Å². The van der Waals surface area contributed by atoms with E-state index in [4.69, 9.17) is 10.00 Å². The smallest absolute Gasteiger partial charge is 0.199 e. The predicted octanol–water partition coefficient (Wildman–Crippen LogP) is 6.43. The number of ether oxygens (including phenoxy) is 1. The number of benzene rings is 1. The van der Waals surface area contributed by atoms with Gasteiger partial charge >= 0.3 is 0 Å². The van der Waals surface area contributed by atoms with Crippen molar-refractivity contribution in [3.63, 3.8) is 0 Å². The molecule has 0 radical (unpaired) electrons. The molecular weight excluding hydrogens is 325 g/mol. The standard InChI is InChI=1S/C23H30FNO/c1-2-3-4-6-19-9-11-21(12-10-19)18-26-23-15-13-20(14-16-23)7-5-8-22(24)17-25/h5,7-12,20,23H,2-4,6,13-16,18H2,1H3/t20-,23-. The topological polar surface area (TPSA) is 33.0 Å². The molecule has 1 aliphatic carbocycles. The van der Waals surface area contributed by atoms with Crippen molar-refractivity contribution in [3.8, 4) is 6.07 Å². The lowest BCUT2D eigenvalue weighted by Crippen LogP contribution is -2.20. The fraction of sp³-hybridized carbons (Fsp3) is 0.522. The van der Waals surface area contributed by atoms with Crippen molar-refractivity contribution in [1.82, 2.24) is 0 Å². The van der Waals surface area contributed by atoms with Gasteiger partial charge in [-0.2, -0.15) is 9.65 Å². The Morgan fingerprint density at radius 2 is 1.85 bits per heavy atom. The molecule has 0 heterocycles. The molecule has 2 nitrogen and oxygen atoms in total. The van der Waals surface area contributed by atoms with E-state index in [1.54, 1.807) is 6.08 Å². The quantitative estimate of drug-likeness (QED) is 0.290. The Hall–Kier alpha value is -1.92. The van der Waals surface area contributed by atoms with Crippen LogP contribution in [0.2, 0.25) is 0 Å². The minimum atomic E-state index is -0.741. The molecule has 1 fully saturated rings. The molecule has 0 N–H and O–H groups in total. The van der Waals surface area contributed by atoms with Crippen LogP contribution in [0.15, 0.2) is 48.3 Å². The average molecular weight is 355 g/mol. The van der Waals surface area contributed by atoms with Gasteiger partial charge in [0.2, 0.25) is 0 Å². The number of hydrogen-bond acceptors (Lipinski definition) is 2. The van der Waals surface area contributed by atoms with Gasteiger partial charge in [-0.15, -0.1) is 0 Å². The summed E-state index contributed by atoms with van der Waals surface area (Å²) in [6, 6.07) is 10.3. The number of aryl methyl sites for hydroxylation is 1. The highest BCUT2D eigenvalue weighted by Crippen LogP contribution is 2.28. The van der Waals surface area contributed by atoms with Crippen LogP contribution in [0.3, 0.4) is 0 Å². The molecule has 0 saturated heterocycles. The Kier molecular flexibility index (Phi) is 9.14. The fourth-order valence-electron chi connectivity index (χ4n) is 3.38. The van der Waals surface area contributed by atoms with E-state index >= 15 is 0 Å². The number of nitriles is 1. The number of allylic oxidation sites excluding steroid dienone is 4. The van der Waals surface area contributed by atoms with Gasteiger partial charge in [-0.1, -0.05) is 56.2 Å². The van der Waals surface area contributed by atoms with E-state index in [0.29, 0.717) is 18.6 Å². The average Bonchev–Trinajstić information content (AvgIpc) is 2.68. The lowest BCUT2D eigenvalue weighted by Gasteiger charge is -2.26. The number of hydrogen-bond donors (Lipinski definition) is 0. The lowest BCUT2D eigenvalue weighted by atomic mass is 9.87. The van der Waals surface area contributed by atoms with Crippen molar-refractivity contribution < 1.29 is 9.13 Å². The van der Waals surface area contributed by atoms with Crippen LogP contribution in [0.5, 0.6) is 0 Å².